The van der Waals surface area contributed by atoms with Gasteiger partial charge in [-0.2, -0.15) is 0 Å². The van der Waals surface area contributed by atoms with E-state index >= 15 is 0 Å². The van der Waals surface area contributed by atoms with Gasteiger partial charge in [0.25, 0.3) is 0 Å². The highest BCUT2D eigenvalue weighted by Crippen LogP contribution is 2.37. The van der Waals surface area contributed by atoms with Crippen molar-refractivity contribution in [3.8, 4) is 0 Å². The smallest absolute Gasteiger partial charge is 0.165 e. The van der Waals surface area contributed by atoms with Crippen LogP contribution >= 0.6 is 0 Å². The number of nitrogens with zero attached hydrogens (tertiary/aromatic N) is 1. The molecule has 0 spiro atoms. The van der Waals surface area contributed by atoms with E-state index in [2.05, 4.69) is 31.4 Å². The maximum Gasteiger partial charge on any atom is 0.165 e. The van der Waals surface area contributed by atoms with Gasteiger partial charge in [0.1, 0.15) is 0 Å². The van der Waals surface area contributed by atoms with Crippen molar-refractivity contribution < 1.29 is 4.79 Å². The monoisotopic (exact) mass is 259 g/mol. The molecule has 0 N–H and O–H groups in total. The first-order valence-corrected chi connectivity index (χ1v) is 7.68. The third-order valence-electron chi connectivity index (χ3n) is 4.92. The van der Waals surface area contributed by atoms with Crippen molar-refractivity contribution in [1.29, 1.82) is 0 Å². The van der Waals surface area contributed by atoms with Gasteiger partial charge in [0.2, 0.25) is 0 Å². The second kappa shape index (κ2) is 4.50. The third-order valence-corrected chi connectivity index (χ3v) is 4.92. The molecule has 1 saturated carbocycles. The van der Waals surface area contributed by atoms with Crippen molar-refractivity contribution in [2.24, 2.45) is 11.3 Å². The quantitative estimate of drug-likeness (QED) is 0.782. The van der Waals surface area contributed by atoms with Gasteiger partial charge in [-0.15, -0.1) is 0 Å². The first kappa shape index (κ1) is 13.0. The summed E-state index contributed by atoms with van der Waals surface area (Å²) in [5.74, 6) is 1.18. The van der Waals surface area contributed by atoms with Crippen LogP contribution in [0.15, 0.2) is 6.07 Å². The molecule has 2 aliphatic carbocycles. The van der Waals surface area contributed by atoms with Crippen molar-refractivity contribution in [3.05, 3.63) is 23.0 Å². The van der Waals surface area contributed by atoms with E-state index in [1.54, 1.807) is 0 Å². The summed E-state index contributed by atoms with van der Waals surface area (Å²) in [6, 6.07) is 2.13. The molecule has 0 radical (unpaired) electrons. The molecule has 0 bridgehead atoms. The molecule has 104 valence electrons. The SMILES string of the molecule is Cc1cc2c(n1CC1CCCC1)CC(C)(C)CC2=O. The highest BCUT2D eigenvalue weighted by atomic mass is 16.1. The molecular weight excluding hydrogens is 234 g/mol. The lowest BCUT2D eigenvalue weighted by Crippen LogP contribution is -2.28. The van der Waals surface area contributed by atoms with E-state index in [1.165, 1.54) is 37.1 Å². The second-order valence-corrected chi connectivity index (χ2v) is 7.35. The Morgan fingerprint density at radius 2 is 1.95 bits per heavy atom. The van der Waals surface area contributed by atoms with Crippen LogP contribution in [0.2, 0.25) is 0 Å². The lowest BCUT2D eigenvalue weighted by molar-refractivity contribution is 0.0909. The standard InChI is InChI=1S/C17H25NO/c1-12-8-14-15(9-17(2,3)10-16(14)19)18(12)11-13-6-4-5-7-13/h8,13H,4-7,9-11H2,1-3H3. The van der Waals surface area contributed by atoms with Crippen molar-refractivity contribution in [2.75, 3.05) is 0 Å². The molecule has 1 heterocycles. The van der Waals surface area contributed by atoms with Crippen LogP contribution in [0.1, 0.15) is 67.7 Å². The van der Waals surface area contributed by atoms with Crippen LogP contribution in [0.5, 0.6) is 0 Å². The molecule has 2 nitrogen and oxygen atoms in total. The summed E-state index contributed by atoms with van der Waals surface area (Å²) in [6.07, 6.45) is 7.25. The summed E-state index contributed by atoms with van der Waals surface area (Å²) in [4.78, 5) is 12.3. The number of aromatic nitrogens is 1. The zero-order valence-electron chi connectivity index (χ0n) is 12.5. The Kier molecular flexibility index (Phi) is 3.07. The van der Waals surface area contributed by atoms with Gasteiger partial charge < -0.3 is 4.57 Å². The van der Waals surface area contributed by atoms with Gasteiger partial charge in [-0.3, -0.25) is 4.79 Å². The predicted molar refractivity (Wildman–Crippen MR) is 77.6 cm³/mol. The number of aryl methyl sites for hydroxylation is 1. The van der Waals surface area contributed by atoms with Crippen LogP contribution in [-0.4, -0.2) is 10.4 Å². The molecule has 0 unspecified atom stereocenters. The summed E-state index contributed by atoms with van der Waals surface area (Å²) in [5.41, 5.74) is 3.73. The molecule has 2 heteroatoms. The van der Waals surface area contributed by atoms with Crippen LogP contribution in [0, 0.1) is 18.3 Å². The summed E-state index contributed by atoms with van der Waals surface area (Å²) in [5, 5.41) is 0. The maximum atomic E-state index is 12.3. The van der Waals surface area contributed by atoms with E-state index in [-0.39, 0.29) is 5.41 Å². The first-order chi connectivity index (χ1) is 8.96. The fourth-order valence-corrected chi connectivity index (χ4v) is 3.91. The molecule has 19 heavy (non-hydrogen) atoms. The Morgan fingerprint density at radius 3 is 2.63 bits per heavy atom. The fourth-order valence-electron chi connectivity index (χ4n) is 3.91. The van der Waals surface area contributed by atoms with E-state index in [1.807, 2.05) is 0 Å². The van der Waals surface area contributed by atoms with E-state index in [0.717, 1.165) is 24.4 Å². The number of hydrogen-bond acceptors (Lipinski definition) is 1. The van der Waals surface area contributed by atoms with E-state index in [9.17, 15) is 4.79 Å². The topological polar surface area (TPSA) is 22.0 Å². The third kappa shape index (κ3) is 2.37. The Balaban J connectivity index is 1.94. The molecule has 0 atom stereocenters. The van der Waals surface area contributed by atoms with Gasteiger partial charge in [0.05, 0.1) is 0 Å². The molecule has 2 aliphatic rings. The summed E-state index contributed by atoms with van der Waals surface area (Å²) in [7, 11) is 0. The largest absolute Gasteiger partial charge is 0.348 e. The number of carbonyl (C=O) groups excluding carboxylic acids is 1. The summed E-state index contributed by atoms with van der Waals surface area (Å²) in [6.45, 7) is 7.73. The minimum Gasteiger partial charge on any atom is -0.348 e. The Labute approximate surface area is 116 Å². The van der Waals surface area contributed by atoms with Crippen molar-refractivity contribution in [1.82, 2.24) is 4.57 Å². The lowest BCUT2D eigenvalue weighted by Gasteiger charge is -2.30. The summed E-state index contributed by atoms with van der Waals surface area (Å²) < 4.78 is 2.45. The Bertz CT molecular complexity index is 504. The highest BCUT2D eigenvalue weighted by Gasteiger charge is 2.34. The van der Waals surface area contributed by atoms with Crippen LogP contribution in [-0.2, 0) is 13.0 Å². The number of carbonyl (C=O) groups is 1. The minimum absolute atomic E-state index is 0.127. The molecule has 0 amide bonds. The van der Waals surface area contributed by atoms with Crippen LogP contribution in [0.4, 0.5) is 0 Å². The Morgan fingerprint density at radius 1 is 1.26 bits per heavy atom. The Hall–Kier alpha value is -1.05. The molecule has 1 aromatic rings. The van der Waals surface area contributed by atoms with Crippen molar-refractivity contribution >= 4 is 5.78 Å². The average molecular weight is 259 g/mol. The minimum atomic E-state index is 0.127. The fraction of sp³-hybridized carbons (Fsp3) is 0.706. The molecule has 1 aromatic heterocycles. The normalized spacial score (nSPS) is 22.8. The van der Waals surface area contributed by atoms with E-state index < -0.39 is 0 Å². The highest BCUT2D eigenvalue weighted by molar-refractivity contribution is 5.99. The van der Waals surface area contributed by atoms with E-state index in [4.69, 9.17) is 0 Å². The molecule has 3 rings (SSSR count). The molecular formula is C17H25NO. The van der Waals surface area contributed by atoms with Crippen LogP contribution in [0.3, 0.4) is 0 Å². The number of ketones is 1. The maximum absolute atomic E-state index is 12.3. The zero-order valence-corrected chi connectivity index (χ0v) is 12.5. The number of hydrogen-bond donors (Lipinski definition) is 0. The van der Waals surface area contributed by atoms with Crippen LogP contribution < -0.4 is 0 Å². The molecule has 0 aliphatic heterocycles. The average Bonchev–Trinajstić information content (AvgIpc) is 2.90. The molecule has 0 saturated heterocycles. The number of rotatable bonds is 2. The predicted octanol–water partition coefficient (Wildman–Crippen LogP) is 4.14. The first-order valence-electron chi connectivity index (χ1n) is 7.68. The van der Waals surface area contributed by atoms with Crippen molar-refractivity contribution in [2.45, 2.75) is 65.8 Å². The zero-order chi connectivity index (χ0) is 13.6. The molecule has 1 fully saturated rings. The van der Waals surface area contributed by atoms with Gasteiger partial charge in [-0.25, -0.2) is 0 Å². The van der Waals surface area contributed by atoms with Gasteiger partial charge in [-0.1, -0.05) is 26.7 Å². The van der Waals surface area contributed by atoms with Crippen LogP contribution in [0.25, 0.3) is 0 Å². The number of fused-ring (bicyclic) bond motifs is 1. The lowest BCUT2D eigenvalue weighted by atomic mass is 9.76. The molecule has 0 aromatic carbocycles. The van der Waals surface area contributed by atoms with Gasteiger partial charge in [-0.05, 0) is 43.6 Å². The second-order valence-electron chi connectivity index (χ2n) is 7.35. The summed E-state index contributed by atoms with van der Waals surface area (Å²) >= 11 is 0. The van der Waals surface area contributed by atoms with Crippen molar-refractivity contribution in [3.63, 3.8) is 0 Å². The van der Waals surface area contributed by atoms with Gasteiger partial charge >= 0.3 is 0 Å². The van der Waals surface area contributed by atoms with Gasteiger partial charge in [0.15, 0.2) is 5.78 Å². The number of Topliss-reactive ketones (excluding diaryl/α,β-unsaturated/α-hetero) is 1. The van der Waals surface area contributed by atoms with Gasteiger partial charge in [0, 0.05) is 29.9 Å². The van der Waals surface area contributed by atoms with E-state index in [0.29, 0.717) is 12.2 Å².